The van der Waals surface area contributed by atoms with Crippen LogP contribution in [0.5, 0.6) is 0 Å². The molecule has 1 aromatic carbocycles. The zero-order chi connectivity index (χ0) is 10.7. The van der Waals surface area contributed by atoms with Gasteiger partial charge in [0.15, 0.2) is 0 Å². The van der Waals surface area contributed by atoms with Crippen molar-refractivity contribution in [2.75, 3.05) is 0 Å². The first-order chi connectivity index (χ1) is 6.56. The molecule has 1 aromatic rings. The number of nitrogens with two attached hydrogens (primary N) is 1. The Morgan fingerprint density at radius 1 is 1.43 bits per heavy atom. The van der Waals surface area contributed by atoms with Gasteiger partial charge in [-0.15, -0.1) is 0 Å². The van der Waals surface area contributed by atoms with Crippen LogP contribution in [0.25, 0.3) is 0 Å². The molecular weight excluding hydrogens is 197 g/mol. The second-order valence-electron chi connectivity index (χ2n) is 2.51. The van der Waals surface area contributed by atoms with Gasteiger partial charge in [0.1, 0.15) is 5.82 Å². The number of alkyl halides is 2. The summed E-state index contributed by atoms with van der Waals surface area (Å²) in [4.78, 5) is 10.9. The molecule has 14 heavy (non-hydrogen) atoms. The highest BCUT2D eigenvalue weighted by atomic mass is 19.3. The van der Waals surface area contributed by atoms with E-state index >= 15 is 0 Å². The van der Waals surface area contributed by atoms with E-state index < -0.39 is 23.7 Å². The number of carbonyl (C=O) groups is 1. The average molecular weight is 204 g/mol. The van der Waals surface area contributed by atoms with E-state index in [0.29, 0.717) is 6.07 Å². The third kappa shape index (κ3) is 2.02. The lowest BCUT2D eigenvalue weighted by Crippen LogP contribution is -2.30. The Labute approximate surface area is 77.7 Å². The summed E-state index contributed by atoms with van der Waals surface area (Å²) in [5.74, 6) is 2.93. The number of carbonyl (C=O) groups excluding carboxylic acids is 1. The fourth-order valence-electron chi connectivity index (χ4n) is 0.929. The zero-order valence-corrected chi connectivity index (χ0v) is 6.93. The van der Waals surface area contributed by atoms with Crippen LogP contribution in [-0.2, 0) is 0 Å². The van der Waals surface area contributed by atoms with Gasteiger partial charge in [0.2, 0.25) is 0 Å². The highest BCUT2D eigenvalue weighted by Gasteiger charge is 2.15. The first-order valence-corrected chi connectivity index (χ1v) is 3.64. The molecule has 0 saturated carbocycles. The van der Waals surface area contributed by atoms with Crippen LogP contribution in [-0.4, -0.2) is 5.91 Å². The molecule has 0 aliphatic rings. The molecule has 6 heteroatoms. The van der Waals surface area contributed by atoms with E-state index in [4.69, 9.17) is 5.84 Å². The van der Waals surface area contributed by atoms with Crippen molar-refractivity contribution in [2.45, 2.75) is 6.43 Å². The molecule has 0 aliphatic heterocycles. The monoisotopic (exact) mass is 204 g/mol. The van der Waals surface area contributed by atoms with Crippen LogP contribution in [0.15, 0.2) is 18.2 Å². The number of hydrogen-bond acceptors (Lipinski definition) is 2. The summed E-state index contributed by atoms with van der Waals surface area (Å²) in [5, 5.41) is 0. The molecule has 3 nitrogen and oxygen atoms in total. The number of nitrogen functional groups attached to an aromatic ring is 1. The van der Waals surface area contributed by atoms with Gasteiger partial charge in [-0.2, -0.15) is 0 Å². The number of rotatable bonds is 2. The largest absolute Gasteiger partial charge is 0.290 e. The topological polar surface area (TPSA) is 55.1 Å². The first kappa shape index (κ1) is 10.5. The molecule has 0 spiro atoms. The SMILES string of the molecule is NNC(=O)c1ccc(C(F)F)c(F)c1. The van der Waals surface area contributed by atoms with Crippen molar-refractivity contribution in [3.63, 3.8) is 0 Å². The predicted octanol–water partition coefficient (Wildman–Crippen LogP) is 1.37. The Balaban J connectivity index is 3.06. The smallest absolute Gasteiger partial charge is 0.266 e. The molecule has 0 bridgehead atoms. The number of nitrogens with one attached hydrogen (secondary N) is 1. The Kier molecular flexibility index (Phi) is 3.08. The number of amides is 1. The first-order valence-electron chi connectivity index (χ1n) is 3.64. The fourth-order valence-corrected chi connectivity index (χ4v) is 0.929. The van der Waals surface area contributed by atoms with Crippen LogP contribution in [0.1, 0.15) is 22.3 Å². The molecule has 0 aliphatic carbocycles. The van der Waals surface area contributed by atoms with Crippen molar-refractivity contribution < 1.29 is 18.0 Å². The molecule has 0 unspecified atom stereocenters. The number of hydrogen-bond donors (Lipinski definition) is 2. The van der Waals surface area contributed by atoms with E-state index in [1.165, 1.54) is 0 Å². The number of halogens is 3. The van der Waals surface area contributed by atoms with E-state index in [9.17, 15) is 18.0 Å². The maximum atomic E-state index is 12.9. The van der Waals surface area contributed by atoms with Crippen molar-refractivity contribution in [3.05, 3.63) is 35.1 Å². The molecule has 0 aromatic heterocycles. The van der Waals surface area contributed by atoms with Gasteiger partial charge in [0.25, 0.3) is 12.3 Å². The average Bonchev–Trinajstić information content (AvgIpc) is 2.15. The van der Waals surface area contributed by atoms with Gasteiger partial charge in [-0.25, -0.2) is 19.0 Å². The molecule has 0 saturated heterocycles. The van der Waals surface area contributed by atoms with Gasteiger partial charge in [0.05, 0.1) is 5.56 Å². The van der Waals surface area contributed by atoms with Crippen LogP contribution >= 0.6 is 0 Å². The van der Waals surface area contributed by atoms with E-state index in [2.05, 4.69) is 0 Å². The lowest BCUT2D eigenvalue weighted by Gasteiger charge is -2.03. The predicted molar refractivity (Wildman–Crippen MR) is 43.0 cm³/mol. The van der Waals surface area contributed by atoms with Crippen molar-refractivity contribution in [1.82, 2.24) is 5.43 Å². The van der Waals surface area contributed by atoms with E-state index in [1.54, 1.807) is 5.43 Å². The van der Waals surface area contributed by atoms with Gasteiger partial charge in [-0.3, -0.25) is 10.2 Å². The van der Waals surface area contributed by atoms with Crippen LogP contribution in [0.2, 0.25) is 0 Å². The minimum atomic E-state index is -2.90. The molecule has 1 rings (SSSR count). The molecule has 76 valence electrons. The molecule has 0 fully saturated rings. The maximum Gasteiger partial charge on any atom is 0.266 e. The third-order valence-corrected chi connectivity index (χ3v) is 1.63. The quantitative estimate of drug-likeness (QED) is 0.434. The second-order valence-corrected chi connectivity index (χ2v) is 2.51. The van der Waals surface area contributed by atoms with Crippen molar-refractivity contribution in [2.24, 2.45) is 5.84 Å². The normalized spacial score (nSPS) is 10.4. The van der Waals surface area contributed by atoms with E-state index in [-0.39, 0.29) is 5.56 Å². The van der Waals surface area contributed by atoms with Gasteiger partial charge in [-0.05, 0) is 18.2 Å². The van der Waals surface area contributed by atoms with Crippen molar-refractivity contribution >= 4 is 5.91 Å². The van der Waals surface area contributed by atoms with Gasteiger partial charge in [0, 0.05) is 5.56 Å². The van der Waals surface area contributed by atoms with Crippen LogP contribution in [0.4, 0.5) is 13.2 Å². The van der Waals surface area contributed by atoms with Gasteiger partial charge < -0.3 is 0 Å². The second kappa shape index (κ2) is 4.10. The van der Waals surface area contributed by atoms with Crippen molar-refractivity contribution in [3.8, 4) is 0 Å². The van der Waals surface area contributed by atoms with E-state index in [0.717, 1.165) is 12.1 Å². The summed E-state index contributed by atoms with van der Waals surface area (Å²) in [6.45, 7) is 0. The maximum absolute atomic E-state index is 12.9. The van der Waals surface area contributed by atoms with Crippen LogP contribution < -0.4 is 11.3 Å². The molecule has 0 radical (unpaired) electrons. The van der Waals surface area contributed by atoms with Crippen molar-refractivity contribution in [1.29, 1.82) is 0 Å². The highest BCUT2D eigenvalue weighted by Crippen LogP contribution is 2.22. The molecular formula is C8H7F3N2O. The van der Waals surface area contributed by atoms with E-state index in [1.807, 2.05) is 0 Å². The molecule has 0 heterocycles. The Morgan fingerprint density at radius 2 is 2.07 bits per heavy atom. The third-order valence-electron chi connectivity index (χ3n) is 1.63. The summed E-state index contributed by atoms with van der Waals surface area (Å²) in [5.41, 5.74) is 0.924. The number of hydrazine groups is 1. The zero-order valence-electron chi connectivity index (χ0n) is 6.93. The van der Waals surface area contributed by atoms with Gasteiger partial charge >= 0.3 is 0 Å². The standard InChI is InChI=1S/C8H7F3N2O/c9-6-3-4(8(14)13-12)1-2-5(6)7(10)11/h1-3,7H,12H2,(H,13,14). The molecule has 3 N–H and O–H groups in total. The van der Waals surface area contributed by atoms with Crippen LogP contribution in [0.3, 0.4) is 0 Å². The summed E-state index contributed by atoms with van der Waals surface area (Å²) in [6.07, 6.45) is -2.90. The van der Waals surface area contributed by atoms with Gasteiger partial charge in [-0.1, -0.05) is 0 Å². The lowest BCUT2D eigenvalue weighted by molar-refractivity contribution is 0.0952. The lowest BCUT2D eigenvalue weighted by atomic mass is 10.1. The highest BCUT2D eigenvalue weighted by molar-refractivity contribution is 5.93. The summed E-state index contributed by atoms with van der Waals surface area (Å²) < 4.78 is 37.1. The summed E-state index contributed by atoms with van der Waals surface area (Å²) >= 11 is 0. The Bertz CT molecular complexity index is 354. The fraction of sp³-hybridized carbons (Fsp3) is 0.125. The summed E-state index contributed by atoms with van der Waals surface area (Å²) in [7, 11) is 0. The van der Waals surface area contributed by atoms with Crippen LogP contribution in [0, 0.1) is 5.82 Å². The molecule has 0 atom stereocenters. The Morgan fingerprint density at radius 3 is 2.50 bits per heavy atom. The Hall–Kier alpha value is -1.56. The minimum absolute atomic E-state index is 0.102. The summed E-state index contributed by atoms with van der Waals surface area (Å²) in [6, 6.07) is 2.64. The molecule has 1 amide bonds. The number of benzene rings is 1. The minimum Gasteiger partial charge on any atom is -0.290 e.